The molecule has 5 nitrogen and oxygen atoms in total. The van der Waals surface area contributed by atoms with Crippen molar-refractivity contribution < 1.29 is 23.3 Å². The molecule has 0 saturated carbocycles. The second-order valence-electron chi connectivity index (χ2n) is 32.8. The quantitative estimate of drug-likeness (QED) is 0.0859. The summed E-state index contributed by atoms with van der Waals surface area (Å²) in [6, 6.07) is 91.4. The lowest BCUT2D eigenvalue weighted by atomic mass is 9.33. The zero-order valence-electron chi connectivity index (χ0n) is 82.5. The predicted molar refractivity (Wildman–Crippen MR) is 516 cm³/mol. The van der Waals surface area contributed by atoms with E-state index in [9.17, 15) is 23.3 Å². The summed E-state index contributed by atoms with van der Waals surface area (Å²) in [7, 11) is 0. The maximum absolute atomic E-state index is 10.5. The minimum atomic E-state index is -0.914. The lowest BCUT2D eigenvalue weighted by molar-refractivity contribution is 0.590. The van der Waals surface area contributed by atoms with E-state index in [1.54, 1.807) is 9.13 Å². The van der Waals surface area contributed by atoms with Gasteiger partial charge in [0, 0.05) is 75.3 Å². The van der Waals surface area contributed by atoms with Crippen molar-refractivity contribution in [2.24, 2.45) is 0 Å². The summed E-state index contributed by atoms with van der Waals surface area (Å²) < 4.78 is 170. The Morgan fingerprint density at radius 1 is 0.289 bits per heavy atom. The zero-order chi connectivity index (χ0) is 94.8. The molecule has 0 N–H and O–H groups in total. The third kappa shape index (κ3) is 10.4. The molecule has 562 valence electrons. The summed E-state index contributed by atoms with van der Waals surface area (Å²) in [5.41, 5.74) is 10.6. The van der Waals surface area contributed by atoms with Gasteiger partial charge in [0.1, 0.15) is 0 Å². The lowest BCUT2D eigenvalue weighted by Crippen LogP contribution is -2.61. The first kappa shape index (κ1) is 53.6. The number of nitrogens with zero attached hydrogens (tertiary/aromatic N) is 5. The van der Waals surface area contributed by atoms with Crippen molar-refractivity contribution in [3.63, 3.8) is 0 Å². The Morgan fingerprint density at radius 3 is 0.967 bits per heavy atom. The Bertz CT molecular complexity index is 8960. The Kier molecular flexibility index (Phi) is 11.6. The minimum absolute atomic E-state index is 0.100. The van der Waals surface area contributed by atoms with Crippen LogP contribution in [0.5, 0.6) is 0 Å². The van der Waals surface area contributed by atoms with Crippen molar-refractivity contribution >= 4 is 193 Å². The summed E-state index contributed by atoms with van der Waals surface area (Å²) in [4.78, 5) is 8.19. The van der Waals surface area contributed by atoms with Crippen LogP contribution in [0.25, 0.3) is 191 Å². The number of rotatable bonds is 8. The third-order valence-corrected chi connectivity index (χ3v) is 25.3. The maximum Gasteiger partial charge on any atom is 0.252 e. The second kappa shape index (κ2) is 26.2. The van der Waals surface area contributed by atoms with Crippen molar-refractivity contribution in [1.29, 1.82) is 0 Å². The molecule has 0 atom stereocenters. The van der Waals surface area contributed by atoms with Crippen molar-refractivity contribution in [3.8, 4) is 55.9 Å². The topological polar surface area (TPSA) is 20.7 Å². The normalized spacial score (nSPS) is 14.7. The van der Waals surface area contributed by atoms with Crippen LogP contribution >= 0.6 is 0 Å². The molecule has 0 radical (unpaired) electrons. The molecule has 0 aliphatic carbocycles. The first-order chi connectivity index (χ1) is 66.6. The molecular weight excluding hydrogens is 1460 g/mol. The number of benzene rings is 21. The van der Waals surface area contributed by atoms with E-state index in [1.807, 2.05) is 109 Å². The molecule has 2 aromatic heterocycles. The van der Waals surface area contributed by atoms with Crippen LogP contribution in [-0.4, -0.2) is 15.8 Å². The van der Waals surface area contributed by atoms with Gasteiger partial charge in [-0.05, 0) is 232 Å². The van der Waals surface area contributed by atoms with E-state index in [2.05, 4.69) is 217 Å². The van der Waals surface area contributed by atoms with Crippen LogP contribution in [0.2, 0.25) is 0 Å². The highest BCUT2D eigenvalue weighted by Crippen LogP contribution is 2.56. The molecular formula is C115H74BN5. The Balaban J connectivity index is 0.891. The van der Waals surface area contributed by atoms with E-state index >= 15 is 0 Å². The van der Waals surface area contributed by atoms with Gasteiger partial charge in [-0.3, -0.25) is 0 Å². The average molecular weight is 1550 g/mol. The molecule has 0 saturated heterocycles. The Labute approximate surface area is 724 Å². The summed E-state index contributed by atoms with van der Waals surface area (Å²) in [5, 5.41) is 15.3. The zero-order valence-corrected chi connectivity index (χ0v) is 65.5. The van der Waals surface area contributed by atoms with Gasteiger partial charge in [-0.25, -0.2) is 4.85 Å². The van der Waals surface area contributed by atoms with Crippen molar-refractivity contribution in [2.45, 2.75) is 26.2 Å². The van der Waals surface area contributed by atoms with Crippen molar-refractivity contribution in [2.75, 3.05) is 9.80 Å². The van der Waals surface area contributed by atoms with Crippen LogP contribution in [0.1, 0.15) is 49.6 Å². The predicted octanol–water partition coefficient (Wildman–Crippen LogP) is 29.7. The fourth-order valence-corrected chi connectivity index (χ4v) is 19.7. The Morgan fingerprint density at radius 2 is 0.612 bits per heavy atom. The van der Waals surface area contributed by atoms with Gasteiger partial charge < -0.3 is 18.9 Å². The van der Waals surface area contributed by atoms with Gasteiger partial charge >= 0.3 is 0 Å². The van der Waals surface area contributed by atoms with E-state index in [1.165, 1.54) is 0 Å². The maximum atomic E-state index is 10.5. The highest BCUT2D eigenvalue weighted by molar-refractivity contribution is 7.00. The largest absolute Gasteiger partial charge is 0.310 e. The van der Waals surface area contributed by atoms with Gasteiger partial charge in [0.2, 0.25) is 0 Å². The number of fused-ring (bicyclic) bond motifs is 22. The minimum Gasteiger partial charge on any atom is -0.310 e. The molecule has 0 spiro atoms. The third-order valence-electron chi connectivity index (χ3n) is 25.3. The van der Waals surface area contributed by atoms with E-state index in [4.69, 9.17) is 6.57 Å². The molecule has 2 aliphatic heterocycles. The van der Waals surface area contributed by atoms with Crippen LogP contribution in [-0.2, 0) is 5.41 Å². The van der Waals surface area contributed by atoms with E-state index in [0.717, 1.165) is 119 Å². The molecule has 121 heavy (non-hydrogen) atoms. The SMILES string of the molecule is [2H]c1cc(-c2ccc3ccc4ccccc4c3c2)c(N2c3cc(-n4c5c([2H])c([2H])c([2H])c([2H])c5c5c([2H])c([2H])c([2H])c([2H])c54)ccc3B3c4ccc(-n5c6c([2H])c([2H])c([2H])c([2H])c6c6c([2H])c([N+]#[C-])c([2H])c([2H])c65)cc4N(c4c(-c5ccc6ccc7ccccc7c6c5)cc([2H])cc4-c4ccc5ccc6ccccc6c5c4)c4cc(C(C)(C)C)cc2c43)c(-c2ccc3ccc4ccccc4c3c2)c1. The molecule has 0 amide bonds. The van der Waals surface area contributed by atoms with Crippen molar-refractivity contribution in [1.82, 2.24) is 9.13 Å². The van der Waals surface area contributed by atoms with Gasteiger partial charge in [0.05, 0.1) is 60.6 Å². The van der Waals surface area contributed by atoms with Gasteiger partial charge in [-0.2, -0.15) is 0 Å². The van der Waals surface area contributed by atoms with Crippen LogP contribution in [0, 0.1) is 6.57 Å². The molecule has 0 unspecified atom stereocenters. The first-order valence-electron chi connectivity index (χ1n) is 49.1. The van der Waals surface area contributed by atoms with Gasteiger partial charge in [-0.15, -0.1) is 0 Å². The highest BCUT2D eigenvalue weighted by Gasteiger charge is 2.46. The molecule has 6 heteroatoms. The van der Waals surface area contributed by atoms with Gasteiger partial charge in [-0.1, -0.05) is 324 Å². The molecule has 23 aromatic rings. The smallest absolute Gasteiger partial charge is 0.252 e. The number of hydrogen-bond acceptors (Lipinski definition) is 2. The summed E-state index contributed by atoms with van der Waals surface area (Å²) in [6.45, 7) is 14.0. The molecule has 4 heterocycles. The van der Waals surface area contributed by atoms with E-state index < -0.39 is 108 Å². The summed E-state index contributed by atoms with van der Waals surface area (Å²) in [6.07, 6.45) is 0. The van der Waals surface area contributed by atoms with Crippen LogP contribution in [0.15, 0.2) is 394 Å². The monoisotopic (exact) mass is 1550 g/mol. The molecule has 21 aromatic carbocycles. The van der Waals surface area contributed by atoms with Crippen LogP contribution in [0.3, 0.4) is 0 Å². The number of para-hydroxylation sites is 5. The van der Waals surface area contributed by atoms with E-state index in [0.29, 0.717) is 67.3 Å². The van der Waals surface area contributed by atoms with E-state index in [-0.39, 0.29) is 67.1 Å². The Hall–Kier alpha value is -15.5. The fourth-order valence-electron chi connectivity index (χ4n) is 19.7. The molecule has 2 aliphatic rings. The standard InChI is InChI=1S/C115H74BN5/c1-115(2,3)82-65-110-112-111(66-82)121(114-92(80-53-49-76-45-41-72-23-7-11-27-88(72)99(76)63-80)34-20-35-93(114)81-54-50-77-46-42-73-24-8-12-28-89(73)100(77)64-81)109-69-85(119-106-38-18-15-31-96(106)101-67-83(117-4)55-60-107(101)119)57-59-103(109)116(112)102-58-56-84(118-104-36-16-13-29-94(104)95-30-14-17-37-105(95)118)68-108(102)120(110)113-90(78-51-47-74-43-39-70-21-5-9-25-86(70)97(74)61-78)32-19-33-91(113)79-52-48-75-44-40-71-22-6-10-26-87(71)98(75)62-79/h5-69H,1-3H3/i13D,14D,15D,16D,17D,18D,19D,20D,29D,30D,31D,36D,37D,38D,55D,60D,67D. The second-order valence-corrected chi connectivity index (χ2v) is 32.8. The molecule has 0 bridgehead atoms. The molecule has 25 rings (SSSR count). The first-order valence-corrected chi connectivity index (χ1v) is 40.6. The number of hydrogen-bond donors (Lipinski definition) is 0. The summed E-state index contributed by atoms with van der Waals surface area (Å²) in [5.74, 6) is 0. The fraction of sp³-hybridized carbons (Fsp3) is 0.0348. The number of aromatic nitrogens is 2. The van der Waals surface area contributed by atoms with Crippen LogP contribution < -0.4 is 26.2 Å². The molecule has 0 fully saturated rings. The number of anilines is 6. The lowest BCUT2D eigenvalue weighted by Gasteiger charge is -2.46. The summed E-state index contributed by atoms with van der Waals surface area (Å²) >= 11 is 0. The average Bonchev–Trinajstić information content (AvgIpc) is 1.32. The van der Waals surface area contributed by atoms with Crippen molar-refractivity contribution in [3.05, 3.63) is 411 Å². The highest BCUT2D eigenvalue weighted by atomic mass is 15.2. The van der Waals surface area contributed by atoms with Crippen LogP contribution in [0.4, 0.5) is 39.8 Å². The van der Waals surface area contributed by atoms with Gasteiger partial charge in [0.25, 0.3) is 6.71 Å². The van der Waals surface area contributed by atoms with Gasteiger partial charge in [0.15, 0.2) is 5.69 Å².